The van der Waals surface area contributed by atoms with Crippen molar-refractivity contribution in [3.8, 4) is 5.75 Å². The molecule has 0 atom stereocenters. The van der Waals surface area contributed by atoms with Gasteiger partial charge in [0.2, 0.25) is 0 Å². The highest BCUT2D eigenvalue weighted by Crippen LogP contribution is 2.21. The van der Waals surface area contributed by atoms with Crippen LogP contribution in [0, 0.1) is 0 Å². The summed E-state index contributed by atoms with van der Waals surface area (Å²) in [5.74, 6) is 0.545. The maximum atomic E-state index is 10.4. The van der Waals surface area contributed by atoms with Gasteiger partial charge in [-0.1, -0.05) is 0 Å². The fourth-order valence-corrected chi connectivity index (χ4v) is 1.02. The first-order valence-corrected chi connectivity index (χ1v) is 4.36. The molecule has 0 saturated carbocycles. The third-order valence-electron chi connectivity index (χ3n) is 1.73. The van der Waals surface area contributed by atoms with E-state index in [0.29, 0.717) is 30.0 Å². The molecule has 1 rings (SSSR count). The summed E-state index contributed by atoms with van der Waals surface area (Å²) in [6.07, 6.45) is 1.29. The van der Waals surface area contributed by atoms with Gasteiger partial charge in [-0.05, 0) is 18.2 Å². The van der Waals surface area contributed by atoms with Crippen LogP contribution >= 0.6 is 0 Å². The van der Waals surface area contributed by atoms with Crippen LogP contribution in [0.15, 0.2) is 18.2 Å². The number of anilines is 1. The van der Waals surface area contributed by atoms with E-state index < -0.39 is 0 Å². The highest BCUT2D eigenvalue weighted by Gasteiger charge is 2.00. The van der Waals surface area contributed by atoms with Crippen LogP contribution in [0.2, 0.25) is 0 Å². The Morgan fingerprint density at radius 1 is 1.50 bits per heavy atom. The molecule has 0 aliphatic carbocycles. The van der Waals surface area contributed by atoms with E-state index in [-0.39, 0.29) is 6.61 Å². The van der Waals surface area contributed by atoms with E-state index in [1.165, 1.54) is 0 Å². The van der Waals surface area contributed by atoms with Gasteiger partial charge in [-0.3, -0.25) is 4.79 Å². The molecule has 0 saturated heterocycles. The molecule has 0 aliphatic rings. The topological polar surface area (TPSA) is 72.6 Å². The number of aliphatic hydroxyl groups is 1. The summed E-state index contributed by atoms with van der Waals surface area (Å²) in [5, 5.41) is 8.54. The van der Waals surface area contributed by atoms with E-state index in [4.69, 9.17) is 15.6 Å². The highest BCUT2D eigenvalue weighted by molar-refractivity contribution is 5.78. The van der Waals surface area contributed by atoms with Crippen LogP contribution in [0.3, 0.4) is 0 Å². The van der Waals surface area contributed by atoms with Crippen LogP contribution in [0.4, 0.5) is 5.69 Å². The Bertz CT molecular complexity index is 312. The highest BCUT2D eigenvalue weighted by atomic mass is 16.5. The number of nitrogens with two attached hydrogens (primary N) is 1. The van der Waals surface area contributed by atoms with Crippen molar-refractivity contribution in [1.82, 2.24) is 0 Å². The molecule has 0 unspecified atom stereocenters. The van der Waals surface area contributed by atoms with Crippen LogP contribution in [0.5, 0.6) is 5.75 Å². The molecule has 4 nitrogen and oxygen atoms in total. The van der Waals surface area contributed by atoms with Crippen molar-refractivity contribution < 1.29 is 14.6 Å². The molecule has 0 aliphatic heterocycles. The maximum absolute atomic E-state index is 10.4. The number of nitrogen functional groups attached to an aromatic ring is 1. The minimum Gasteiger partial charge on any atom is -0.491 e. The average Bonchev–Trinajstić information content (AvgIpc) is 2.20. The largest absolute Gasteiger partial charge is 0.491 e. The molecule has 76 valence electrons. The monoisotopic (exact) mass is 195 g/mol. The number of ether oxygens (including phenoxy) is 1. The summed E-state index contributed by atoms with van der Waals surface area (Å²) in [6.45, 7) is 0.507. The lowest BCUT2D eigenvalue weighted by Crippen LogP contribution is -2.02. The van der Waals surface area contributed by atoms with Gasteiger partial charge < -0.3 is 15.6 Å². The Kier molecular flexibility index (Phi) is 3.94. The first kappa shape index (κ1) is 10.5. The fourth-order valence-electron chi connectivity index (χ4n) is 1.02. The van der Waals surface area contributed by atoms with Crippen molar-refractivity contribution in [2.75, 3.05) is 18.9 Å². The first-order chi connectivity index (χ1) is 6.77. The summed E-state index contributed by atoms with van der Waals surface area (Å²) in [5.41, 5.74) is 6.60. The lowest BCUT2D eigenvalue weighted by Gasteiger charge is -2.07. The second-order valence-electron chi connectivity index (χ2n) is 2.84. The van der Waals surface area contributed by atoms with E-state index in [2.05, 4.69) is 0 Å². The summed E-state index contributed by atoms with van der Waals surface area (Å²) in [7, 11) is 0. The predicted octanol–water partition coefficient (Wildman–Crippen LogP) is 0.843. The molecule has 0 aromatic heterocycles. The summed E-state index contributed by atoms with van der Waals surface area (Å²) in [6, 6.07) is 4.84. The third-order valence-corrected chi connectivity index (χ3v) is 1.73. The SMILES string of the molecule is Nc1cc(C=O)ccc1OCCCO. The van der Waals surface area contributed by atoms with Crippen molar-refractivity contribution in [2.24, 2.45) is 0 Å². The number of hydrogen-bond donors (Lipinski definition) is 2. The van der Waals surface area contributed by atoms with Gasteiger partial charge in [0.25, 0.3) is 0 Å². The summed E-state index contributed by atoms with van der Waals surface area (Å²) in [4.78, 5) is 10.4. The molecule has 0 fully saturated rings. The normalized spacial score (nSPS) is 9.79. The third kappa shape index (κ3) is 2.74. The molecule has 3 N–H and O–H groups in total. The van der Waals surface area contributed by atoms with E-state index in [1.807, 2.05) is 0 Å². The van der Waals surface area contributed by atoms with Gasteiger partial charge in [0.15, 0.2) is 0 Å². The maximum Gasteiger partial charge on any atom is 0.150 e. The van der Waals surface area contributed by atoms with Gasteiger partial charge in [0.05, 0.1) is 12.3 Å². The molecule has 4 heteroatoms. The molecule has 0 spiro atoms. The second kappa shape index (κ2) is 5.24. The van der Waals surface area contributed by atoms with Gasteiger partial charge in [-0.2, -0.15) is 0 Å². The Hall–Kier alpha value is -1.55. The van der Waals surface area contributed by atoms with Crippen LogP contribution in [-0.4, -0.2) is 24.6 Å². The number of carbonyl (C=O) groups excluding carboxylic acids is 1. The van der Waals surface area contributed by atoms with Crippen molar-refractivity contribution in [3.63, 3.8) is 0 Å². The molecular weight excluding hydrogens is 182 g/mol. The Labute approximate surface area is 82.3 Å². The van der Waals surface area contributed by atoms with Gasteiger partial charge >= 0.3 is 0 Å². The lowest BCUT2D eigenvalue weighted by molar-refractivity contribution is 0.112. The Balaban J connectivity index is 2.64. The second-order valence-corrected chi connectivity index (χ2v) is 2.84. The van der Waals surface area contributed by atoms with Gasteiger partial charge in [0.1, 0.15) is 12.0 Å². The van der Waals surface area contributed by atoms with Crippen molar-refractivity contribution in [1.29, 1.82) is 0 Å². The number of carbonyl (C=O) groups is 1. The van der Waals surface area contributed by atoms with Crippen LogP contribution in [-0.2, 0) is 0 Å². The number of aliphatic hydroxyl groups excluding tert-OH is 1. The predicted molar refractivity (Wildman–Crippen MR) is 53.4 cm³/mol. The molecule has 0 heterocycles. The van der Waals surface area contributed by atoms with E-state index >= 15 is 0 Å². The molecular formula is C10H13NO3. The number of benzene rings is 1. The summed E-state index contributed by atoms with van der Waals surface area (Å²) >= 11 is 0. The standard InChI is InChI=1S/C10H13NO3/c11-9-6-8(7-13)2-3-10(9)14-5-1-4-12/h2-3,6-7,12H,1,4-5,11H2. The van der Waals surface area contributed by atoms with Crippen molar-refractivity contribution >= 4 is 12.0 Å². The van der Waals surface area contributed by atoms with Crippen molar-refractivity contribution in [2.45, 2.75) is 6.42 Å². The Morgan fingerprint density at radius 2 is 2.29 bits per heavy atom. The molecule has 1 aromatic carbocycles. The van der Waals surface area contributed by atoms with E-state index in [1.54, 1.807) is 18.2 Å². The lowest BCUT2D eigenvalue weighted by atomic mass is 10.2. The minimum atomic E-state index is 0.0896. The van der Waals surface area contributed by atoms with Gasteiger partial charge in [-0.15, -0.1) is 0 Å². The fraction of sp³-hybridized carbons (Fsp3) is 0.300. The molecule has 0 radical (unpaired) electrons. The number of rotatable bonds is 5. The summed E-state index contributed by atoms with van der Waals surface area (Å²) < 4.78 is 5.28. The zero-order valence-electron chi connectivity index (χ0n) is 7.77. The first-order valence-electron chi connectivity index (χ1n) is 4.36. The molecule has 0 amide bonds. The minimum absolute atomic E-state index is 0.0896. The van der Waals surface area contributed by atoms with E-state index in [9.17, 15) is 4.79 Å². The average molecular weight is 195 g/mol. The van der Waals surface area contributed by atoms with Gasteiger partial charge in [0, 0.05) is 18.6 Å². The zero-order chi connectivity index (χ0) is 10.4. The van der Waals surface area contributed by atoms with Crippen molar-refractivity contribution in [3.05, 3.63) is 23.8 Å². The zero-order valence-corrected chi connectivity index (χ0v) is 7.77. The molecule has 1 aromatic rings. The Morgan fingerprint density at radius 3 is 2.86 bits per heavy atom. The number of aldehydes is 1. The smallest absolute Gasteiger partial charge is 0.150 e. The molecule has 0 bridgehead atoms. The number of hydrogen-bond acceptors (Lipinski definition) is 4. The molecule has 14 heavy (non-hydrogen) atoms. The van der Waals surface area contributed by atoms with Crippen LogP contribution in [0.1, 0.15) is 16.8 Å². The van der Waals surface area contributed by atoms with Crippen LogP contribution in [0.25, 0.3) is 0 Å². The quantitative estimate of drug-likeness (QED) is 0.415. The van der Waals surface area contributed by atoms with Gasteiger partial charge in [-0.25, -0.2) is 0 Å². The van der Waals surface area contributed by atoms with Crippen LogP contribution < -0.4 is 10.5 Å². The van der Waals surface area contributed by atoms with E-state index in [0.717, 1.165) is 6.29 Å².